The summed E-state index contributed by atoms with van der Waals surface area (Å²) in [5, 5.41) is 3.38. The van der Waals surface area contributed by atoms with Gasteiger partial charge >= 0.3 is 0 Å². The Morgan fingerprint density at radius 2 is 2.16 bits per heavy atom. The summed E-state index contributed by atoms with van der Waals surface area (Å²) in [6, 6.07) is 8.67. The molecule has 3 nitrogen and oxygen atoms in total. The van der Waals surface area contributed by atoms with Crippen LogP contribution in [0.2, 0.25) is 0 Å². The monoisotopic (exact) mass is 263 g/mol. The van der Waals surface area contributed by atoms with Crippen molar-refractivity contribution in [1.29, 1.82) is 0 Å². The second-order valence-corrected chi connectivity index (χ2v) is 5.55. The first-order chi connectivity index (χ1) is 9.22. The van der Waals surface area contributed by atoms with Crippen LogP contribution in [0, 0.1) is 5.92 Å². The maximum absolute atomic E-state index is 6.20. The molecule has 1 aromatic carbocycles. The fourth-order valence-electron chi connectivity index (χ4n) is 2.84. The van der Waals surface area contributed by atoms with Crippen LogP contribution in [0.4, 0.5) is 0 Å². The van der Waals surface area contributed by atoms with Crippen molar-refractivity contribution in [3.63, 3.8) is 0 Å². The zero-order valence-electron chi connectivity index (χ0n) is 12.2. The standard InChI is InChI=1S/C16H25NO2/c1-12-7-8-15(17-2)16(9-12)19-14-6-4-5-13(10-14)11-18-3/h4-6,10,12,15-17H,7-9,11H2,1-3H3. The molecule has 0 aliphatic heterocycles. The Hall–Kier alpha value is -1.06. The largest absolute Gasteiger partial charge is 0.489 e. The number of likely N-dealkylation sites (N-methyl/N-ethyl adjacent to an activating group) is 1. The van der Waals surface area contributed by atoms with Crippen LogP contribution in [0.15, 0.2) is 24.3 Å². The van der Waals surface area contributed by atoms with Crippen molar-refractivity contribution in [3.8, 4) is 5.75 Å². The third-order valence-corrected chi connectivity index (χ3v) is 3.92. The predicted octanol–water partition coefficient (Wildman–Crippen LogP) is 2.99. The van der Waals surface area contributed by atoms with E-state index in [1.807, 2.05) is 19.2 Å². The number of nitrogens with one attached hydrogen (secondary N) is 1. The van der Waals surface area contributed by atoms with Gasteiger partial charge in [-0.3, -0.25) is 0 Å². The van der Waals surface area contributed by atoms with Crippen LogP contribution >= 0.6 is 0 Å². The van der Waals surface area contributed by atoms with Crippen molar-refractivity contribution in [2.24, 2.45) is 5.92 Å². The van der Waals surface area contributed by atoms with Crippen LogP contribution in [0.1, 0.15) is 31.7 Å². The first-order valence-electron chi connectivity index (χ1n) is 7.14. The molecule has 19 heavy (non-hydrogen) atoms. The maximum atomic E-state index is 6.20. The highest BCUT2D eigenvalue weighted by atomic mass is 16.5. The number of ether oxygens (including phenoxy) is 2. The molecule has 0 radical (unpaired) electrons. The first-order valence-corrected chi connectivity index (χ1v) is 7.14. The third kappa shape index (κ3) is 3.95. The maximum Gasteiger partial charge on any atom is 0.120 e. The number of rotatable bonds is 5. The van der Waals surface area contributed by atoms with Crippen molar-refractivity contribution in [2.45, 2.75) is 44.9 Å². The van der Waals surface area contributed by atoms with E-state index in [-0.39, 0.29) is 6.10 Å². The summed E-state index contributed by atoms with van der Waals surface area (Å²) < 4.78 is 11.4. The lowest BCUT2D eigenvalue weighted by Crippen LogP contribution is -2.45. The second kappa shape index (κ2) is 6.92. The van der Waals surface area contributed by atoms with Crippen molar-refractivity contribution in [1.82, 2.24) is 5.32 Å². The topological polar surface area (TPSA) is 30.5 Å². The first kappa shape index (κ1) is 14.4. The van der Waals surface area contributed by atoms with E-state index in [1.165, 1.54) is 12.8 Å². The van der Waals surface area contributed by atoms with Crippen LogP contribution < -0.4 is 10.1 Å². The smallest absolute Gasteiger partial charge is 0.120 e. The van der Waals surface area contributed by atoms with Gasteiger partial charge < -0.3 is 14.8 Å². The summed E-state index contributed by atoms with van der Waals surface area (Å²) in [7, 11) is 3.74. The van der Waals surface area contributed by atoms with E-state index in [0.29, 0.717) is 12.6 Å². The molecule has 3 heteroatoms. The fourth-order valence-corrected chi connectivity index (χ4v) is 2.84. The van der Waals surface area contributed by atoms with Crippen LogP contribution in [-0.2, 0) is 11.3 Å². The van der Waals surface area contributed by atoms with Gasteiger partial charge in [0, 0.05) is 13.2 Å². The van der Waals surface area contributed by atoms with E-state index in [1.54, 1.807) is 7.11 Å². The Labute approximate surface area is 116 Å². The lowest BCUT2D eigenvalue weighted by atomic mass is 9.85. The van der Waals surface area contributed by atoms with E-state index in [4.69, 9.17) is 9.47 Å². The van der Waals surface area contributed by atoms with Crippen LogP contribution in [0.3, 0.4) is 0 Å². The Balaban J connectivity index is 2.03. The van der Waals surface area contributed by atoms with Crippen molar-refractivity contribution >= 4 is 0 Å². The zero-order chi connectivity index (χ0) is 13.7. The highest BCUT2D eigenvalue weighted by Crippen LogP contribution is 2.28. The molecule has 1 fully saturated rings. The van der Waals surface area contributed by atoms with Crippen LogP contribution in [0.5, 0.6) is 5.75 Å². The summed E-state index contributed by atoms with van der Waals surface area (Å²) in [6.45, 7) is 2.94. The van der Waals surface area contributed by atoms with Gasteiger partial charge in [-0.15, -0.1) is 0 Å². The molecule has 1 aromatic rings. The summed E-state index contributed by atoms with van der Waals surface area (Å²) in [4.78, 5) is 0. The highest BCUT2D eigenvalue weighted by molar-refractivity contribution is 5.28. The minimum absolute atomic E-state index is 0.270. The van der Waals surface area contributed by atoms with E-state index in [9.17, 15) is 0 Å². The molecule has 1 aliphatic carbocycles. The van der Waals surface area contributed by atoms with Crippen molar-refractivity contribution < 1.29 is 9.47 Å². The average molecular weight is 263 g/mol. The number of hydrogen-bond donors (Lipinski definition) is 1. The second-order valence-electron chi connectivity index (χ2n) is 5.55. The van der Waals surface area contributed by atoms with Crippen molar-refractivity contribution in [2.75, 3.05) is 14.2 Å². The van der Waals surface area contributed by atoms with Gasteiger partial charge in [-0.25, -0.2) is 0 Å². The predicted molar refractivity (Wildman–Crippen MR) is 77.4 cm³/mol. The van der Waals surface area contributed by atoms with Gasteiger partial charge in [0.2, 0.25) is 0 Å². The molecule has 1 aliphatic rings. The molecule has 0 heterocycles. The van der Waals surface area contributed by atoms with Gasteiger partial charge in [-0.1, -0.05) is 19.1 Å². The Morgan fingerprint density at radius 1 is 1.32 bits per heavy atom. The molecule has 106 valence electrons. The van der Waals surface area contributed by atoms with Gasteiger partial charge in [-0.05, 0) is 49.9 Å². The molecule has 0 aromatic heterocycles. The van der Waals surface area contributed by atoms with Crippen LogP contribution in [-0.4, -0.2) is 26.3 Å². The van der Waals surface area contributed by atoms with E-state index >= 15 is 0 Å². The molecule has 0 bridgehead atoms. The Kier molecular flexibility index (Phi) is 5.23. The molecule has 2 rings (SSSR count). The number of methoxy groups -OCH3 is 1. The molecule has 0 spiro atoms. The summed E-state index contributed by atoms with van der Waals surface area (Å²) >= 11 is 0. The molecule has 1 saturated carbocycles. The number of hydrogen-bond acceptors (Lipinski definition) is 3. The lowest BCUT2D eigenvalue weighted by Gasteiger charge is -2.34. The normalized spacial score (nSPS) is 27.2. The van der Waals surface area contributed by atoms with Gasteiger partial charge in [-0.2, -0.15) is 0 Å². The van der Waals surface area contributed by atoms with E-state index < -0.39 is 0 Å². The third-order valence-electron chi connectivity index (χ3n) is 3.92. The fraction of sp³-hybridized carbons (Fsp3) is 0.625. The van der Waals surface area contributed by atoms with Gasteiger partial charge in [0.05, 0.1) is 6.61 Å². The molecule has 0 saturated heterocycles. The van der Waals surface area contributed by atoms with E-state index in [0.717, 1.165) is 23.7 Å². The molecule has 0 amide bonds. The molecule has 3 unspecified atom stereocenters. The zero-order valence-corrected chi connectivity index (χ0v) is 12.2. The van der Waals surface area contributed by atoms with Gasteiger partial charge in [0.25, 0.3) is 0 Å². The average Bonchev–Trinajstić information content (AvgIpc) is 2.40. The molecule has 1 N–H and O–H groups in total. The lowest BCUT2D eigenvalue weighted by molar-refractivity contribution is 0.0940. The summed E-state index contributed by atoms with van der Waals surface area (Å²) in [5.41, 5.74) is 1.16. The minimum atomic E-state index is 0.270. The molecular formula is C16H25NO2. The highest BCUT2D eigenvalue weighted by Gasteiger charge is 2.29. The minimum Gasteiger partial charge on any atom is -0.489 e. The molecular weight excluding hydrogens is 238 g/mol. The summed E-state index contributed by atoms with van der Waals surface area (Å²) in [5.74, 6) is 1.70. The number of benzene rings is 1. The Bertz CT molecular complexity index is 394. The quantitative estimate of drug-likeness (QED) is 0.886. The van der Waals surface area contributed by atoms with Gasteiger partial charge in [0.15, 0.2) is 0 Å². The SMILES string of the molecule is CNC1CCC(C)CC1Oc1cccc(COC)c1. The van der Waals surface area contributed by atoms with Gasteiger partial charge in [0.1, 0.15) is 11.9 Å². The summed E-state index contributed by atoms with van der Waals surface area (Å²) in [6.07, 6.45) is 3.88. The van der Waals surface area contributed by atoms with Crippen molar-refractivity contribution in [3.05, 3.63) is 29.8 Å². The van der Waals surface area contributed by atoms with Crippen LogP contribution in [0.25, 0.3) is 0 Å². The van der Waals surface area contributed by atoms with E-state index in [2.05, 4.69) is 24.4 Å². The Morgan fingerprint density at radius 3 is 2.89 bits per heavy atom. The molecule has 3 atom stereocenters.